The largest absolute Gasteiger partial charge is 0.503 e. The van der Waals surface area contributed by atoms with E-state index in [0.717, 1.165) is 53.5 Å². The maximum Gasteiger partial charge on any atom is 0.503 e. The van der Waals surface area contributed by atoms with Gasteiger partial charge in [-0.1, -0.05) is 49.2 Å². The second-order valence-electron chi connectivity index (χ2n) is 8.52. The molecule has 0 bridgehead atoms. The Morgan fingerprint density at radius 1 is 0.971 bits per heavy atom. The fourth-order valence-electron chi connectivity index (χ4n) is 4.25. The molecule has 1 heterocycles. The van der Waals surface area contributed by atoms with Crippen LogP contribution in [0, 0.1) is 18.7 Å². The van der Waals surface area contributed by atoms with Gasteiger partial charge in [-0.15, -0.1) is 0 Å². The first-order valence-corrected chi connectivity index (χ1v) is 11.3. The van der Waals surface area contributed by atoms with Crippen molar-refractivity contribution in [3.8, 4) is 11.1 Å². The van der Waals surface area contributed by atoms with E-state index >= 15 is 0 Å². The molecule has 0 unspecified atom stereocenters. The summed E-state index contributed by atoms with van der Waals surface area (Å²) in [5.41, 5.74) is 5.10. The number of nitrogens with one attached hydrogen (secondary N) is 1. The van der Waals surface area contributed by atoms with Gasteiger partial charge in [0.1, 0.15) is 11.3 Å². The predicted octanol–water partition coefficient (Wildman–Crippen LogP) is 7.28. The quantitative estimate of drug-likeness (QED) is 0.259. The number of anilines is 2. The number of nitrogens with zero attached hydrogens (tertiary/aromatic N) is 1. The number of carbonyl (C=O) groups is 2. The molecule has 3 N–H and O–H groups in total. The van der Waals surface area contributed by atoms with Crippen LogP contribution in [-0.2, 0) is 0 Å². The number of carboxylic acid groups (broad SMARTS) is 2. The predicted molar refractivity (Wildman–Crippen MR) is 131 cm³/mol. The molecule has 0 radical (unpaired) electrons. The SMILES string of the molecule is Cc1ccc2oc(Nc3ccc(-c4ccc(C(=O)C5CCCC5)cc4)cc3F)nc2c1.O=C(O)O. The van der Waals surface area contributed by atoms with Crippen LogP contribution in [-0.4, -0.2) is 27.1 Å². The van der Waals surface area contributed by atoms with Crippen molar-refractivity contribution in [3.63, 3.8) is 0 Å². The van der Waals surface area contributed by atoms with Gasteiger partial charge in [0.05, 0.1) is 5.69 Å². The highest BCUT2D eigenvalue weighted by atomic mass is 19.1. The van der Waals surface area contributed by atoms with Crippen molar-refractivity contribution in [1.29, 1.82) is 0 Å². The Labute approximate surface area is 201 Å². The van der Waals surface area contributed by atoms with E-state index in [0.29, 0.717) is 11.3 Å². The number of fused-ring (bicyclic) bond motifs is 1. The van der Waals surface area contributed by atoms with Gasteiger partial charge in [-0.2, -0.15) is 4.98 Å². The third kappa shape index (κ3) is 5.84. The Morgan fingerprint density at radius 2 is 1.63 bits per heavy atom. The van der Waals surface area contributed by atoms with E-state index in [4.69, 9.17) is 19.4 Å². The topological polar surface area (TPSA) is 113 Å². The number of Topliss-reactive ketones (excluding diaryl/α,β-unsaturated/α-hetero) is 1. The summed E-state index contributed by atoms with van der Waals surface area (Å²) in [5.74, 6) is -0.0187. The van der Waals surface area contributed by atoms with E-state index in [-0.39, 0.29) is 17.7 Å². The van der Waals surface area contributed by atoms with Crippen LogP contribution in [0.3, 0.4) is 0 Å². The van der Waals surface area contributed by atoms with Gasteiger partial charge in [-0.25, -0.2) is 9.18 Å². The molecular formula is C27H25FN2O5. The first-order valence-electron chi connectivity index (χ1n) is 11.3. The van der Waals surface area contributed by atoms with Gasteiger partial charge in [0.15, 0.2) is 11.4 Å². The van der Waals surface area contributed by atoms with E-state index < -0.39 is 12.0 Å². The van der Waals surface area contributed by atoms with Crippen LogP contribution in [0.4, 0.5) is 20.9 Å². The molecule has 1 saturated carbocycles. The second-order valence-corrected chi connectivity index (χ2v) is 8.52. The third-order valence-corrected chi connectivity index (χ3v) is 5.98. The molecule has 0 saturated heterocycles. The van der Waals surface area contributed by atoms with E-state index in [9.17, 15) is 9.18 Å². The lowest BCUT2D eigenvalue weighted by molar-refractivity contribution is 0.0922. The molecule has 0 spiro atoms. The smallest absolute Gasteiger partial charge is 0.450 e. The number of hydrogen-bond donors (Lipinski definition) is 3. The first-order chi connectivity index (χ1) is 16.8. The van der Waals surface area contributed by atoms with Crippen LogP contribution >= 0.6 is 0 Å². The summed E-state index contributed by atoms with van der Waals surface area (Å²) < 4.78 is 20.4. The number of benzene rings is 3. The summed E-state index contributed by atoms with van der Waals surface area (Å²) >= 11 is 0. The van der Waals surface area contributed by atoms with Crippen molar-refractivity contribution in [2.24, 2.45) is 5.92 Å². The fourth-order valence-corrected chi connectivity index (χ4v) is 4.25. The summed E-state index contributed by atoms with van der Waals surface area (Å²) in [6, 6.07) is 18.4. The monoisotopic (exact) mass is 476 g/mol. The first kappa shape index (κ1) is 23.9. The van der Waals surface area contributed by atoms with E-state index in [1.165, 1.54) is 6.07 Å². The molecule has 8 heteroatoms. The van der Waals surface area contributed by atoms with Crippen molar-refractivity contribution in [2.45, 2.75) is 32.6 Å². The molecule has 1 aliphatic carbocycles. The zero-order valence-electron chi connectivity index (χ0n) is 19.1. The fraction of sp³-hybridized carbons (Fsp3) is 0.222. The van der Waals surface area contributed by atoms with Gasteiger partial charge in [-0.05, 0) is 60.7 Å². The molecule has 0 amide bonds. The zero-order valence-corrected chi connectivity index (χ0v) is 19.1. The van der Waals surface area contributed by atoms with Crippen LogP contribution in [0.15, 0.2) is 65.1 Å². The Morgan fingerprint density at radius 3 is 2.29 bits per heavy atom. The molecule has 1 fully saturated rings. The summed E-state index contributed by atoms with van der Waals surface area (Å²) in [5, 5.41) is 16.9. The summed E-state index contributed by atoms with van der Waals surface area (Å²) in [7, 11) is 0. The summed E-state index contributed by atoms with van der Waals surface area (Å²) in [6.07, 6.45) is 2.41. The standard InChI is InChI=1S/C26H23FN2O2.CH2O3/c1-16-6-13-24-23(14-16)29-26(31-24)28-22-12-11-20(15-21(22)27)17-7-9-19(10-8-17)25(30)18-4-2-3-5-18;2-1(3)4/h6-15,18H,2-5H2,1H3,(H,28,29);(H2,2,3,4). The van der Waals surface area contributed by atoms with Crippen molar-refractivity contribution in [3.05, 3.63) is 77.6 Å². The van der Waals surface area contributed by atoms with Crippen molar-refractivity contribution < 1.29 is 28.6 Å². The van der Waals surface area contributed by atoms with Gasteiger partial charge in [0, 0.05) is 11.5 Å². The minimum Gasteiger partial charge on any atom is -0.450 e. The average Bonchev–Trinajstić information content (AvgIpc) is 3.49. The highest BCUT2D eigenvalue weighted by Gasteiger charge is 2.23. The van der Waals surface area contributed by atoms with Crippen LogP contribution in [0.25, 0.3) is 22.2 Å². The number of halogens is 1. The number of ketones is 1. The number of aryl methyl sites for hydroxylation is 1. The lowest BCUT2D eigenvalue weighted by Crippen LogP contribution is -2.10. The molecule has 1 aromatic heterocycles. The maximum absolute atomic E-state index is 14.8. The average molecular weight is 477 g/mol. The minimum absolute atomic E-state index is 0.157. The number of oxazole rings is 1. The lowest BCUT2D eigenvalue weighted by atomic mass is 9.94. The van der Waals surface area contributed by atoms with Gasteiger partial charge < -0.3 is 19.9 Å². The minimum atomic E-state index is -1.83. The molecule has 35 heavy (non-hydrogen) atoms. The maximum atomic E-state index is 14.8. The summed E-state index contributed by atoms with van der Waals surface area (Å²) in [4.78, 5) is 25.5. The molecule has 3 aromatic carbocycles. The second kappa shape index (κ2) is 10.4. The van der Waals surface area contributed by atoms with Crippen LogP contribution < -0.4 is 5.32 Å². The van der Waals surface area contributed by atoms with E-state index in [1.807, 2.05) is 55.5 Å². The van der Waals surface area contributed by atoms with Gasteiger partial charge >= 0.3 is 6.16 Å². The molecule has 180 valence electrons. The van der Waals surface area contributed by atoms with Crippen molar-refractivity contribution in [2.75, 3.05) is 5.32 Å². The molecule has 4 aromatic rings. The van der Waals surface area contributed by atoms with E-state index in [1.54, 1.807) is 6.07 Å². The number of hydrogen-bond acceptors (Lipinski definition) is 5. The molecule has 0 aliphatic heterocycles. The molecule has 5 rings (SSSR count). The molecular weight excluding hydrogens is 451 g/mol. The number of aromatic nitrogens is 1. The third-order valence-electron chi connectivity index (χ3n) is 5.98. The summed E-state index contributed by atoms with van der Waals surface area (Å²) in [6.45, 7) is 1.98. The van der Waals surface area contributed by atoms with Gasteiger partial charge in [-0.3, -0.25) is 4.79 Å². The zero-order chi connectivity index (χ0) is 24.9. The van der Waals surface area contributed by atoms with Crippen LogP contribution in [0.2, 0.25) is 0 Å². The Kier molecular flexibility index (Phi) is 7.10. The van der Waals surface area contributed by atoms with Gasteiger partial charge in [0.2, 0.25) is 0 Å². The van der Waals surface area contributed by atoms with Gasteiger partial charge in [0.25, 0.3) is 6.01 Å². The van der Waals surface area contributed by atoms with E-state index in [2.05, 4.69) is 10.3 Å². The highest BCUT2D eigenvalue weighted by Crippen LogP contribution is 2.30. The van der Waals surface area contributed by atoms with Crippen LogP contribution in [0.5, 0.6) is 0 Å². The van der Waals surface area contributed by atoms with Crippen molar-refractivity contribution in [1.82, 2.24) is 4.98 Å². The Balaban J connectivity index is 0.000000672. The number of carbonyl (C=O) groups excluding carboxylic acids is 1. The lowest BCUT2D eigenvalue weighted by Gasteiger charge is -2.10. The van der Waals surface area contributed by atoms with Crippen LogP contribution in [0.1, 0.15) is 41.6 Å². The Bertz CT molecular complexity index is 1350. The Hall–Kier alpha value is -4.20. The van der Waals surface area contributed by atoms with Crippen molar-refractivity contribution >= 4 is 34.7 Å². The molecule has 1 aliphatic rings. The normalized spacial score (nSPS) is 13.3. The number of rotatable bonds is 5. The molecule has 0 atom stereocenters. The molecule has 7 nitrogen and oxygen atoms in total. The highest BCUT2D eigenvalue weighted by molar-refractivity contribution is 5.98.